The fourth-order valence-corrected chi connectivity index (χ4v) is 2.03. The van der Waals surface area contributed by atoms with E-state index in [1.165, 1.54) is 12.1 Å². The first-order valence-corrected chi connectivity index (χ1v) is 6.56. The molecule has 1 amide bonds. The third kappa shape index (κ3) is 5.37. The summed E-state index contributed by atoms with van der Waals surface area (Å²) in [5.41, 5.74) is 0.952. The summed E-state index contributed by atoms with van der Waals surface area (Å²) in [6.07, 6.45) is 0. The minimum Gasteiger partial charge on any atom is -0.354 e. The van der Waals surface area contributed by atoms with Crippen molar-refractivity contribution in [1.82, 2.24) is 5.32 Å². The largest absolute Gasteiger partial charge is 0.354 e. The number of hydrogen-bond acceptors (Lipinski definition) is 2. The number of amides is 1. The van der Waals surface area contributed by atoms with Gasteiger partial charge in [0.1, 0.15) is 11.7 Å². The van der Waals surface area contributed by atoms with Crippen LogP contribution >= 0.6 is 23.4 Å². The van der Waals surface area contributed by atoms with Crippen molar-refractivity contribution in [3.63, 3.8) is 0 Å². The molecule has 0 bridgehead atoms. The van der Waals surface area contributed by atoms with E-state index in [2.05, 4.69) is 5.32 Å². The molecule has 1 aromatic rings. The number of rotatable bonds is 6. The molecule has 88 valence electrons. The highest BCUT2D eigenvalue weighted by molar-refractivity contribution is 7.98. The lowest BCUT2D eigenvalue weighted by Crippen LogP contribution is -2.26. The first-order valence-electron chi connectivity index (χ1n) is 4.87. The molecule has 0 saturated heterocycles. The van der Waals surface area contributed by atoms with Crippen molar-refractivity contribution < 1.29 is 9.18 Å². The van der Waals surface area contributed by atoms with E-state index in [4.69, 9.17) is 11.6 Å². The van der Waals surface area contributed by atoms with Crippen LogP contribution in [0.5, 0.6) is 0 Å². The molecule has 0 fully saturated rings. The molecule has 0 aliphatic heterocycles. The summed E-state index contributed by atoms with van der Waals surface area (Å²) in [7, 11) is 0. The Balaban J connectivity index is 2.14. The van der Waals surface area contributed by atoms with Gasteiger partial charge in [-0.15, -0.1) is 11.6 Å². The fourth-order valence-electron chi connectivity index (χ4n) is 1.13. The molecule has 0 aliphatic rings. The highest BCUT2D eigenvalue weighted by Gasteiger charge is 1.98. The minimum absolute atomic E-state index is 0.00539. The van der Waals surface area contributed by atoms with Crippen LogP contribution in [0.4, 0.5) is 4.39 Å². The van der Waals surface area contributed by atoms with Crippen molar-refractivity contribution in [1.29, 1.82) is 0 Å². The van der Waals surface area contributed by atoms with Crippen molar-refractivity contribution >= 4 is 29.3 Å². The van der Waals surface area contributed by atoms with Crippen LogP contribution in [0.15, 0.2) is 24.3 Å². The van der Waals surface area contributed by atoms with E-state index in [1.54, 1.807) is 17.8 Å². The van der Waals surface area contributed by atoms with Crippen molar-refractivity contribution in [2.24, 2.45) is 0 Å². The molecule has 5 heteroatoms. The number of thioether (sulfide) groups is 1. The van der Waals surface area contributed by atoms with Gasteiger partial charge in [-0.3, -0.25) is 4.79 Å². The zero-order valence-corrected chi connectivity index (χ0v) is 10.3. The van der Waals surface area contributed by atoms with Gasteiger partial charge in [0.2, 0.25) is 5.91 Å². The van der Waals surface area contributed by atoms with Crippen molar-refractivity contribution in [2.75, 3.05) is 18.2 Å². The first-order chi connectivity index (χ1) is 7.72. The second-order valence-corrected chi connectivity index (χ2v) is 4.54. The number of alkyl halides is 1. The number of halogens is 2. The van der Waals surface area contributed by atoms with Crippen LogP contribution in [0.1, 0.15) is 5.56 Å². The van der Waals surface area contributed by atoms with Gasteiger partial charge in [0.05, 0.1) is 0 Å². The van der Waals surface area contributed by atoms with Crippen LogP contribution in [0.2, 0.25) is 0 Å². The Hall–Kier alpha value is -0.740. The molecule has 0 aliphatic carbocycles. The predicted octanol–water partition coefficient (Wildman–Crippen LogP) is 2.41. The molecule has 0 radical (unpaired) electrons. The highest BCUT2D eigenvalue weighted by Crippen LogP contribution is 2.12. The SMILES string of the molecule is O=C(CCl)NCCSCc1cccc(F)c1. The van der Waals surface area contributed by atoms with Gasteiger partial charge in [-0.1, -0.05) is 12.1 Å². The van der Waals surface area contributed by atoms with Gasteiger partial charge < -0.3 is 5.32 Å². The van der Waals surface area contributed by atoms with Crippen LogP contribution in [-0.4, -0.2) is 24.1 Å². The van der Waals surface area contributed by atoms with Gasteiger partial charge in [0.15, 0.2) is 0 Å². The van der Waals surface area contributed by atoms with Crippen molar-refractivity contribution in [3.8, 4) is 0 Å². The third-order valence-electron chi connectivity index (χ3n) is 1.85. The topological polar surface area (TPSA) is 29.1 Å². The molecule has 0 unspecified atom stereocenters. The van der Waals surface area contributed by atoms with Crippen LogP contribution < -0.4 is 5.32 Å². The summed E-state index contributed by atoms with van der Waals surface area (Å²) in [5.74, 6) is 1.16. The Morgan fingerprint density at radius 2 is 2.31 bits per heavy atom. The Kier molecular flexibility index (Phi) is 6.26. The highest BCUT2D eigenvalue weighted by atomic mass is 35.5. The van der Waals surface area contributed by atoms with Gasteiger partial charge in [-0.25, -0.2) is 4.39 Å². The molecular weight excluding hydrogens is 249 g/mol. The smallest absolute Gasteiger partial charge is 0.234 e. The van der Waals surface area contributed by atoms with E-state index in [-0.39, 0.29) is 17.6 Å². The Labute approximate surface area is 104 Å². The standard InChI is InChI=1S/C11H13ClFNOS/c12-7-11(15)14-4-5-16-8-9-2-1-3-10(13)6-9/h1-3,6H,4-5,7-8H2,(H,14,15). The van der Waals surface area contributed by atoms with Crippen LogP contribution in [0, 0.1) is 5.82 Å². The molecule has 0 saturated carbocycles. The average molecular weight is 262 g/mol. The zero-order chi connectivity index (χ0) is 11.8. The molecule has 2 nitrogen and oxygen atoms in total. The average Bonchev–Trinajstić information content (AvgIpc) is 2.28. The molecule has 1 rings (SSSR count). The molecule has 0 spiro atoms. The first kappa shape index (κ1) is 13.3. The van der Waals surface area contributed by atoms with Gasteiger partial charge >= 0.3 is 0 Å². The van der Waals surface area contributed by atoms with Crippen molar-refractivity contribution in [3.05, 3.63) is 35.6 Å². The van der Waals surface area contributed by atoms with Crippen molar-refractivity contribution in [2.45, 2.75) is 5.75 Å². The summed E-state index contributed by atoms with van der Waals surface area (Å²) < 4.78 is 12.8. The van der Waals surface area contributed by atoms with E-state index in [1.807, 2.05) is 6.07 Å². The molecule has 0 atom stereocenters. The Morgan fingerprint density at radius 1 is 1.50 bits per heavy atom. The van der Waals surface area contributed by atoms with Gasteiger partial charge in [-0.05, 0) is 17.7 Å². The summed E-state index contributed by atoms with van der Waals surface area (Å²) in [5, 5.41) is 2.66. The number of carbonyl (C=O) groups is 1. The summed E-state index contributed by atoms with van der Waals surface area (Å²) in [4.78, 5) is 10.8. The van der Waals surface area contributed by atoms with Gasteiger partial charge in [0, 0.05) is 18.1 Å². The normalized spacial score (nSPS) is 10.1. The minimum atomic E-state index is -0.214. The maximum atomic E-state index is 12.8. The molecule has 1 N–H and O–H groups in total. The predicted molar refractivity (Wildman–Crippen MR) is 66.3 cm³/mol. The maximum absolute atomic E-state index is 12.8. The lowest BCUT2D eigenvalue weighted by atomic mass is 10.2. The van der Waals surface area contributed by atoms with Crippen LogP contribution in [0.25, 0.3) is 0 Å². The van der Waals surface area contributed by atoms with E-state index < -0.39 is 0 Å². The monoisotopic (exact) mass is 261 g/mol. The number of benzene rings is 1. The summed E-state index contributed by atoms with van der Waals surface area (Å²) in [6, 6.07) is 6.52. The second-order valence-electron chi connectivity index (χ2n) is 3.17. The van der Waals surface area contributed by atoms with Gasteiger partial charge in [0.25, 0.3) is 0 Å². The van der Waals surface area contributed by atoms with Crippen LogP contribution in [-0.2, 0) is 10.5 Å². The number of hydrogen-bond donors (Lipinski definition) is 1. The Morgan fingerprint density at radius 3 is 3.00 bits per heavy atom. The third-order valence-corrected chi connectivity index (χ3v) is 3.12. The quantitative estimate of drug-likeness (QED) is 0.629. The van der Waals surface area contributed by atoms with Gasteiger partial charge in [-0.2, -0.15) is 11.8 Å². The lowest BCUT2D eigenvalue weighted by Gasteiger charge is -2.03. The Bertz CT molecular complexity index is 349. The zero-order valence-electron chi connectivity index (χ0n) is 8.71. The van der Waals surface area contributed by atoms with E-state index in [0.717, 1.165) is 17.1 Å². The number of carbonyl (C=O) groups excluding carboxylic acids is 1. The number of nitrogens with one attached hydrogen (secondary N) is 1. The lowest BCUT2D eigenvalue weighted by molar-refractivity contribution is -0.118. The maximum Gasteiger partial charge on any atom is 0.234 e. The molecule has 1 aromatic carbocycles. The van der Waals surface area contributed by atoms with E-state index >= 15 is 0 Å². The molecule has 0 aromatic heterocycles. The summed E-state index contributed by atoms with van der Waals surface area (Å²) >= 11 is 6.96. The molecule has 0 heterocycles. The molecular formula is C11H13ClFNOS. The molecule has 16 heavy (non-hydrogen) atoms. The van der Waals surface area contributed by atoms with E-state index in [0.29, 0.717) is 6.54 Å². The summed E-state index contributed by atoms with van der Waals surface area (Å²) in [6.45, 7) is 0.589. The fraction of sp³-hybridized carbons (Fsp3) is 0.364. The second kappa shape index (κ2) is 7.52. The van der Waals surface area contributed by atoms with E-state index in [9.17, 15) is 9.18 Å². The van der Waals surface area contributed by atoms with Crippen LogP contribution in [0.3, 0.4) is 0 Å².